The van der Waals surface area contributed by atoms with Crippen LogP contribution in [0, 0.1) is 12.3 Å². The number of para-hydroxylation sites is 1. The number of hydrogen-bond acceptors (Lipinski definition) is 5. The summed E-state index contributed by atoms with van der Waals surface area (Å²) in [6.07, 6.45) is 1.22. The standard InChI is InChI=1S/C29H30N2O3/c1-18-14-20(34-17-19-8-5-4-6-9-19)12-13-21(18)27-26-23(15-29(2,3)16-25(26)33)31-28-22(30-27)10-7-11-24(28)32/h4-14,27,30-32H,15-17H2,1-3H3. The molecular formula is C29H30N2O3. The molecule has 34 heavy (non-hydrogen) atoms. The third-order valence-electron chi connectivity index (χ3n) is 6.63. The minimum Gasteiger partial charge on any atom is -0.506 e. The van der Waals surface area contributed by atoms with Crippen LogP contribution in [0.1, 0.15) is 49.4 Å². The van der Waals surface area contributed by atoms with Gasteiger partial charge in [-0.1, -0.05) is 56.3 Å². The van der Waals surface area contributed by atoms with Crippen LogP contribution in [-0.2, 0) is 11.4 Å². The molecule has 0 saturated carbocycles. The predicted octanol–water partition coefficient (Wildman–Crippen LogP) is 6.50. The zero-order valence-corrected chi connectivity index (χ0v) is 19.8. The molecule has 1 aliphatic carbocycles. The highest BCUT2D eigenvalue weighted by atomic mass is 16.5. The molecular weight excluding hydrogens is 424 g/mol. The van der Waals surface area contributed by atoms with Gasteiger partial charge in [0.2, 0.25) is 0 Å². The van der Waals surface area contributed by atoms with E-state index in [1.54, 1.807) is 6.07 Å². The highest BCUT2D eigenvalue weighted by Crippen LogP contribution is 2.47. The molecule has 3 aromatic carbocycles. The zero-order chi connectivity index (χ0) is 23.9. The Kier molecular flexibility index (Phi) is 5.56. The maximum absolute atomic E-state index is 13.4. The number of carbonyl (C=O) groups is 1. The molecule has 2 aliphatic rings. The average Bonchev–Trinajstić information content (AvgIpc) is 2.95. The van der Waals surface area contributed by atoms with Gasteiger partial charge in [0, 0.05) is 17.7 Å². The van der Waals surface area contributed by atoms with Crippen molar-refractivity contribution in [3.8, 4) is 11.5 Å². The van der Waals surface area contributed by atoms with Crippen molar-refractivity contribution < 1.29 is 14.6 Å². The number of fused-ring (bicyclic) bond motifs is 1. The summed E-state index contributed by atoms with van der Waals surface area (Å²) in [5, 5.41) is 17.5. The number of phenolic OH excluding ortho intramolecular Hbond substituents is 1. The lowest BCUT2D eigenvalue weighted by Gasteiger charge is -2.34. The molecule has 3 aromatic rings. The number of benzene rings is 3. The highest BCUT2D eigenvalue weighted by Gasteiger charge is 2.39. The molecule has 0 saturated heterocycles. The topological polar surface area (TPSA) is 70.6 Å². The van der Waals surface area contributed by atoms with E-state index in [0.29, 0.717) is 18.7 Å². The number of ether oxygens (including phenoxy) is 1. The van der Waals surface area contributed by atoms with Gasteiger partial charge in [-0.15, -0.1) is 0 Å². The monoisotopic (exact) mass is 454 g/mol. The van der Waals surface area contributed by atoms with E-state index >= 15 is 0 Å². The van der Waals surface area contributed by atoms with Gasteiger partial charge in [0.05, 0.1) is 11.7 Å². The molecule has 1 aliphatic heterocycles. The normalized spacial score (nSPS) is 18.8. The van der Waals surface area contributed by atoms with Gasteiger partial charge in [0.15, 0.2) is 5.78 Å². The van der Waals surface area contributed by atoms with Crippen LogP contribution in [0.5, 0.6) is 11.5 Å². The summed E-state index contributed by atoms with van der Waals surface area (Å²) in [7, 11) is 0. The fourth-order valence-corrected chi connectivity index (χ4v) is 4.99. The van der Waals surface area contributed by atoms with E-state index in [1.165, 1.54) is 0 Å². The summed E-state index contributed by atoms with van der Waals surface area (Å²) in [5.41, 5.74) is 6.03. The van der Waals surface area contributed by atoms with Gasteiger partial charge in [0.1, 0.15) is 23.8 Å². The van der Waals surface area contributed by atoms with Crippen LogP contribution in [-0.4, -0.2) is 10.9 Å². The maximum atomic E-state index is 13.4. The second-order valence-electron chi connectivity index (χ2n) is 10.0. The van der Waals surface area contributed by atoms with Crippen LogP contribution >= 0.6 is 0 Å². The number of nitrogens with one attached hydrogen (secondary N) is 2. The molecule has 0 aromatic heterocycles. The molecule has 3 N–H and O–H groups in total. The van der Waals surface area contributed by atoms with Crippen LogP contribution in [0.4, 0.5) is 11.4 Å². The third kappa shape index (κ3) is 4.26. The second-order valence-corrected chi connectivity index (χ2v) is 10.0. The van der Waals surface area contributed by atoms with Crippen LogP contribution in [0.25, 0.3) is 0 Å². The van der Waals surface area contributed by atoms with Crippen molar-refractivity contribution in [2.75, 3.05) is 10.6 Å². The summed E-state index contributed by atoms with van der Waals surface area (Å²) in [6, 6.07) is 21.2. The number of Topliss-reactive ketones (excluding diaryl/α,β-unsaturated/α-hetero) is 1. The van der Waals surface area contributed by atoms with Crippen molar-refractivity contribution in [2.45, 2.75) is 46.3 Å². The quantitative estimate of drug-likeness (QED) is 0.393. The average molecular weight is 455 g/mol. The van der Waals surface area contributed by atoms with Crippen molar-refractivity contribution in [1.82, 2.24) is 0 Å². The Hall–Kier alpha value is -3.73. The lowest BCUT2D eigenvalue weighted by atomic mass is 9.73. The van der Waals surface area contributed by atoms with Gasteiger partial charge in [-0.3, -0.25) is 4.79 Å². The second kappa shape index (κ2) is 8.56. The number of anilines is 2. The molecule has 0 bridgehead atoms. The molecule has 1 heterocycles. The molecule has 1 atom stereocenters. The minimum atomic E-state index is -0.322. The van der Waals surface area contributed by atoms with Gasteiger partial charge < -0.3 is 20.5 Å². The number of phenols is 1. The van der Waals surface area contributed by atoms with Crippen molar-refractivity contribution in [3.05, 3.63) is 94.7 Å². The van der Waals surface area contributed by atoms with Gasteiger partial charge in [0.25, 0.3) is 0 Å². The summed E-state index contributed by atoms with van der Waals surface area (Å²) in [4.78, 5) is 13.4. The Morgan fingerprint density at radius 3 is 2.59 bits per heavy atom. The van der Waals surface area contributed by atoms with Gasteiger partial charge in [-0.05, 0) is 59.7 Å². The van der Waals surface area contributed by atoms with Crippen LogP contribution < -0.4 is 15.4 Å². The van der Waals surface area contributed by atoms with Crippen LogP contribution in [0.2, 0.25) is 0 Å². The van der Waals surface area contributed by atoms with Gasteiger partial charge >= 0.3 is 0 Å². The Balaban J connectivity index is 1.52. The molecule has 0 fully saturated rings. The molecule has 1 unspecified atom stereocenters. The Morgan fingerprint density at radius 2 is 1.82 bits per heavy atom. The molecule has 5 heteroatoms. The molecule has 0 radical (unpaired) electrons. The van der Waals surface area contributed by atoms with E-state index in [2.05, 4.69) is 24.5 Å². The summed E-state index contributed by atoms with van der Waals surface area (Å²) in [6.45, 7) is 6.77. The Bertz CT molecular complexity index is 1280. The number of allylic oxidation sites excluding steroid dienone is 1. The fraction of sp³-hybridized carbons (Fsp3) is 0.276. The smallest absolute Gasteiger partial charge is 0.163 e. The first-order valence-electron chi connectivity index (χ1n) is 11.7. The first kappa shape index (κ1) is 22.1. The fourth-order valence-electron chi connectivity index (χ4n) is 4.99. The van der Waals surface area contributed by atoms with Crippen molar-refractivity contribution in [3.63, 3.8) is 0 Å². The lowest BCUT2D eigenvalue weighted by molar-refractivity contribution is -0.118. The van der Waals surface area contributed by atoms with E-state index in [0.717, 1.165) is 45.8 Å². The number of hydrogen-bond donors (Lipinski definition) is 3. The number of ketones is 1. The van der Waals surface area contributed by atoms with E-state index in [-0.39, 0.29) is 23.0 Å². The largest absolute Gasteiger partial charge is 0.506 e. The van der Waals surface area contributed by atoms with E-state index in [1.807, 2.05) is 67.6 Å². The molecule has 0 spiro atoms. The Labute approximate surface area is 200 Å². The molecule has 5 nitrogen and oxygen atoms in total. The molecule has 0 amide bonds. The lowest BCUT2D eigenvalue weighted by Crippen LogP contribution is -2.31. The Morgan fingerprint density at radius 1 is 1.03 bits per heavy atom. The highest BCUT2D eigenvalue weighted by molar-refractivity contribution is 6.01. The number of carbonyl (C=O) groups excluding carboxylic acids is 1. The van der Waals surface area contributed by atoms with Crippen LogP contribution in [0.3, 0.4) is 0 Å². The summed E-state index contributed by atoms with van der Waals surface area (Å²) >= 11 is 0. The SMILES string of the molecule is Cc1cc(OCc2ccccc2)ccc1C1Nc2cccc(O)c2NC2=C1C(=O)CC(C)(C)C2. The number of rotatable bonds is 4. The minimum absolute atomic E-state index is 0.132. The first-order valence-corrected chi connectivity index (χ1v) is 11.7. The maximum Gasteiger partial charge on any atom is 0.163 e. The van der Waals surface area contributed by atoms with Crippen molar-refractivity contribution >= 4 is 17.2 Å². The van der Waals surface area contributed by atoms with E-state index in [9.17, 15) is 9.90 Å². The van der Waals surface area contributed by atoms with Crippen molar-refractivity contribution in [2.24, 2.45) is 5.41 Å². The number of aryl methyl sites for hydroxylation is 1. The summed E-state index contributed by atoms with van der Waals surface area (Å²) in [5.74, 6) is 1.09. The van der Waals surface area contributed by atoms with E-state index in [4.69, 9.17) is 4.74 Å². The third-order valence-corrected chi connectivity index (χ3v) is 6.63. The van der Waals surface area contributed by atoms with Gasteiger partial charge in [-0.25, -0.2) is 0 Å². The zero-order valence-electron chi connectivity index (χ0n) is 19.8. The van der Waals surface area contributed by atoms with E-state index < -0.39 is 0 Å². The van der Waals surface area contributed by atoms with Crippen LogP contribution in [0.15, 0.2) is 78.0 Å². The number of aromatic hydroxyl groups is 1. The summed E-state index contributed by atoms with van der Waals surface area (Å²) < 4.78 is 6.02. The first-order chi connectivity index (χ1) is 16.3. The molecule has 174 valence electrons. The van der Waals surface area contributed by atoms with Gasteiger partial charge in [-0.2, -0.15) is 0 Å². The molecule has 5 rings (SSSR count). The van der Waals surface area contributed by atoms with Crippen molar-refractivity contribution in [1.29, 1.82) is 0 Å². The predicted molar refractivity (Wildman–Crippen MR) is 135 cm³/mol.